The second kappa shape index (κ2) is 5.80. The highest BCUT2D eigenvalue weighted by Gasteiger charge is 2.30. The minimum Gasteiger partial charge on any atom is -0.293 e. The van der Waals surface area contributed by atoms with Gasteiger partial charge in [-0.05, 0) is 51.9 Å². The number of ketones is 1. The molecule has 0 saturated carbocycles. The van der Waals surface area contributed by atoms with Crippen molar-refractivity contribution >= 4 is 54.9 Å². The van der Waals surface area contributed by atoms with E-state index in [0.29, 0.717) is 32.1 Å². The van der Waals surface area contributed by atoms with Crippen molar-refractivity contribution in [2.24, 2.45) is 0 Å². The first-order valence-corrected chi connectivity index (χ1v) is 8.13. The van der Waals surface area contributed by atoms with Crippen LogP contribution in [0.2, 0.25) is 5.02 Å². The van der Waals surface area contributed by atoms with E-state index in [2.05, 4.69) is 15.9 Å². The molecule has 3 aromatic carbocycles. The minimum atomic E-state index is -4.43. The number of halogens is 5. The molecule has 0 atom stereocenters. The number of hydrogen-bond donors (Lipinski definition) is 0. The van der Waals surface area contributed by atoms with Crippen molar-refractivity contribution in [1.29, 1.82) is 0 Å². The Morgan fingerprint density at radius 3 is 2.39 bits per heavy atom. The third-order valence-electron chi connectivity index (χ3n) is 3.66. The summed E-state index contributed by atoms with van der Waals surface area (Å²) in [5.74, 6) is -0.140. The lowest BCUT2D eigenvalue weighted by molar-refractivity contribution is -0.137. The maximum Gasteiger partial charge on any atom is 0.416 e. The molecule has 0 radical (unpaired) electrons. The zero-order chi connectivity index (χ0) is 16.8. The monoisotopic (exact) mass is 400 g/mol. The Morgan fingerprint density at radius 1 is 1.00 bits per heavy atom. The van der Waals surface area contributed by atoms with Crippen molar-refractivity contribution in [3.63, 3.8) is 0 Å². The summed E-state index contributed by atoms with van der Waals surface area (Å²) in [4.78, 5) is 12.1. The lowest BCUT2D eigenvalue weighted by atomic mass is 9.94. The molecule has 0 aromatic heterocycles. The predicted octanol–water partition coefficient (Wildman–Crippen LogP) is 6.24. The standard InChI is InChI=1S/C17H9BrClF3O/c18-8-16(23)15-5-9-1-2-10(17(20,21)22)6-13(9)14-7-11(19)3-4-12(14)15/h1-7H,8H2. The van der Waals surface area contributed by atoms with E-state index < -0.39 is 11.7 Å². The summed E-state index contributed by atoms with van der Waals surface area (Å²) < 4.78 is 38.9. The van der Waals surface area contributed by atoms with E-state index in [4.69, 9.17) is 11.6 Å². The Balaban J connectivity index is 2.45. The highest BCUT2D eigenvalue weighted by molar-refractivity contribution is 9.09. The Bertz CT molecular complexity index is 934. The average Bonchev–Trinajstić information content (AvgIpc) is 2.51. The Labute approximate surface area is 143 Å². The molecule has 0 aliphatic carbocycles. The van der Waals surface area contributed by atoms with E-state index in [-0.39, 0.29) is 11.1 Å². The van der Waals surface area contributed by atoms with Crippen LogP contribution < -0.4 is 0 Å². The molecule has 118 valence electrons. The van der Waals surface area contributed by atoms with Gasteiger partial charge in [0.05, 0.1) is 10.9 Å². The molecule has 0 N–H and O–H groups in total. The maximum absolute atomic E-state index is 13.0. The van der Waals surface area contributed by atoms with Crippen LogP contribution in [-0.4, -0.2) is 11.1 Å². The molecule has 1 nitrogen and oxygen atoms in total. The van der Waals surface area contributed by atoms with E-state index >= 15 is 0 Å². The SMILES string of the molecule is O=C(CBr)c1cc2ccc(C(F)(F)F)cc2c2cc(Cl)ccc12. The first-order valence-electron chi connectivity index (χ1n) is 6.63. The van der Waals surface area contributed by atoms with Crippen molar-refractivity contribution in [3.05, 3.63) is 58.6 Å². The first-order chi connectivity index (χ1) is 10.8. The molecule has 0 unspecified atom stereocenters. The molecule has 3 rings (SSSR count). The van der Waals surface area contributed by atoms with Gasteiger partial charge in [-0.3, -0.25) is 4.79 Å². The van der Waals surface area contributed by atoms with Gasteiger partial charge in [0.25, 0.3) is 0 Å². The molecule has 0 amide bonds. The fraction of sp³-hybridized carbons (Fsp3) is 0.118. The molecule has 0 aliphatic rings. The number of alkyl halides is 4. The lowest BCUT2D eigenvalue weighted by Crippen LogP contribution is -2.05. The van der Waals surface area contributed by atoms with Gasteiger partial charge in [-0.1, -0.05) is 39.7 Å². The summed E-state index contributed by atoms with van der Waals surface area (Å²) in [6.07, 6.45) is -4.43. The summed E-state index contributed by atoms with van der Waals surface area (Å²) in [5, 5.41) is 2.65. The normalized spacial score (nSPS) is 12.0. The zero-order valence-corrected chi connectivity index (χ0v) is 13.9. The van der Waals surface area contributed by atoms with Crippen LogP contribution in [0.4, 0.5) is 13.2 Å². The number of carbonyl (C=O) groups is 1. The van der Waals surface area contributed by atoms with Crippen molar-refractivity contribution < 1.29 is 18.0 Å². The van der Waals surface area contributed by atoms with Gasteiger partial charge in [-0.2, -0.15) is 13.2 Å². The summed E-state index contributed by atoms with van der Waals surface area (Å²) in [6.45, 7) is 0. The van der Waals surface area contributed by atoms with Crippen LogP contribution in [-0.2, 0) is 6.18 Å². The van der Waals surface area contributed by atoms with Gasteiger partial charge in [0.1, 0.15) is 0 Å². The van der Waals surface area contributed by atoms with Crippen LogP contribution in [0.3, 0.4) is 0 Å². The van der Waals surface area contributed by atoms with Crippen LogP contribution in [0.5, 0.6) is 0 Å². The fourth-order valence-electron chi connectivity index (χ4n) is 2.60. The van der Waals surface area contributed by atoms with Gasteiger partial charge in [0.15, 0.2) is 5.78 Å². The summed E-state index contributed by atoms with van der Waals surface area (Å²) in [5.41, 5.74) is -0.272. The molecular weight excluding hydrogens is 393 g/mol. The number of Topliss-reactive ketones (excluding diaryl/α,β-unsaturated/α-hetero) is 1. The largest absolute Gasteiger partial charge is 0.416 e. The van der Waals surface area contributed by atoms with Crippen molar-refractivity contribution in [3.8, 4) is 0 Å². The Kier molecular flexibility index (Phi) is 4.10. The molecule has 0 heterocycles. The Morgan fingerprint density at radius 2 is 1.74 bits per heavy atom. The van der Waals surface area contributed by atoms with E-state index in [1.807, 2.05) is 0 Å². The van der Waals surface area contributed by atoms with Gasteiger partial charge in [0, 0.05) is 10.6 Å². The van der Waals surface area contributed by atoms with Crippen LogP contribution >= 0.6 is 27.5 Å². The second-order valence-electron chi connectivity index (χ2n) is 5.10. The highest BCUT2D eigenvalue weighted by Crippen LogP contribution is 2.36. The average molecular weight is 402 g/mol. The number of benzene rings is 3. The Hall–Kier alpha value is -1.59. The second-order valence-corrected chi connectivity index (χ2v) is 6.10. The summed E-state index contributed by atoms with van der Waals surface area (Å²) >= 11 is 9.13. The molecule has 0 aliphatic heterocycles. The van der Waals surface area contributed by atoms with E-state index in [9.17, 15) is 18.0 Å². The minimum absolute atomic E-state index is 0.136. The topological polar surface area (TPSA) is 17.1 Å². The van der Waals surface area contributed by atoms with Crippen molar-refractivity contribution in [2.45, 2.75) is 6.18 Å². The fourth-order valence-corrected chi connectivity index (χ4v) is 3.08. The molecule has 0 fully saturated rings. The third-order valence-corrected chi connectivity index (χ3v) is 4.41. The first kappa shape index (κ1) is 16.3. The number of carbonyl (C=O) groups excluding carboxylic acids is 1. The molecule has 6 heteroatoms. The van der Waals surface area contributed by atoms with Gasteiger partial charge in [-0.15, -0.1) is 0 Å². The highest BCUT2D eigenvalue weighted by atomic mass is 79.9. The van der Waals surface area contributed by atoms with Crippen LogP contribution in [0, 0.1) is 0 Å². The maximum atomic E-state index is 13.0. The third kappa shape index (κ3) is 2.95. The van der Waals surface area contributed by atoms with Crippen molar-refractivity contribution in [2.75, 3.05) is 5.33 Å². The van der Waals surface area contributed by atoms with E-state index in [1.54, 1.807) is 24.3 Å². The molecule has 0 bridgehead atoms. The van der Waals surface area contributed by atoms with Gasteiger partial charge in [-0.25, -0.2) is 0 Å². The smallest absolute Gasteiger partial charge is 0.293 e. The van der Waals surface area contributed by atoms with Crippen LogP contribution in [0.25, 0.3) is 21.5 Å². The lowest BCUT2D eigenvalue weighted by Gasteiger charge is -2.12. The van der Waals surface area contributed by atoms with E-state index in [1.165, 1.54) is 6.07 Å². The molecule has 0 spiro atoms. The van der Waals surface area contributed by atoms with Crippen LogP contribution in [0.15, 0.2) is 42.5 Å². The van der Waals surface area contributed by atoms with Gasteiger partial charge < -0.3 is 0 Å². The molecule has 0 saturated heterocycles. The predicted molar refractivity (Wildman–Crippen MR) is 89.6 cm³/mol. The quantitative estimate of drug-likeness (QED) is 0.282. The van der Waals surface area contributed by atoms with Gasteiger partial charge in [0.2, 0.25) is 0 Å². The van der Waals surface area contributed by atoms with E-state index in [0.717, 1.165) is 12.1 Å². The molecular formula is C17H9BrClF3O. The summed E-state index contributed by atoms with van der Waals surface area (Å²) in [6, 6.07) is 9.97. The molecule has 23 heavy (non-hydrogen) atoms. The molecule has 3 aromatic rings. The number of hydrogen-bond acceptors (Lipinski definition) is 1. The van der Waals surface area contributed by atoms with Crippen molar-refractivity contribution in [1.82, 2.24) is 0 Å². The number of fused-ring (bicyclic) bond motifs is 3. The number of rotatable bonds is 2. The van der Waals surface area contributed by atoms with Gasteiger partial charge >= 0.3 is 6.18 Å². The summed E-state index contributed by atoms with van der Waals surface area (Å²) in [7, 11) is 0. The zero-order valence-electron chi connectivity index (χ0n) is 11.5. The van der Waals surface area contributed by atoms with Crippen LogP contribution in [0.1, 0.15) is 15.9 Å².